The van der Waals surface area contributed by atoms with E-state index in [2.05, 4.69) is 24.3 Å². The Kier molecular flexibility index (Phi) is 7.89. The zero-order valence-corrected chi connectivity index (χ0v) is 13.7. The van der Waals surface area contributed by atoms with Crippen LogP contribution < -0.4 is 5.32 Å². The lowest BCUT2D eigenvalue weighted by molar-refractivity contribution is -0.128. The lowest BCUT2D eigenvalue weighted by atomic mass is 10.3. The van der Waals surface area contributed by atoms with Crippen LogP contribution in [0.3, 0.4) is 0 Å². The maximum Gasteiger partial charge on any atom is 0.235 e. The van der Waals surface area contributed by atoms with E-state index in [1.807, 2.05) is 4.90 Å². The first-order valence-electron chi connectivity index (χ1n) is 7.15. The van der Waals surface area contributed by atoms with E-state index in [9.17, 15) is 9.59 Å². The Morgan fingerprint density at radius 2 is 1.95 bits per heavy atom. The summed E-state index contributed by atoms with van der Waals surface area (Å²) in [6, 6.07) is 1.65. The number of nitrogens with one attached hydrogen (secondary N) is 1. The Hall–Kier alpha value is -1.50. The van der Waals surface area contributed by atoms with Crippen molar-refractivity contribution < 1.29 is 14.1 Å². The SMILES string of the molecule is CCCN(CCC)C(=O)CSCC(=O)Nc1cc(C)on1. The Morgan fingerprint density at radius 1 is 1.29 bits per heavy atom. The average molecular weight is 313 g/mol. The van der Waals surface area contributed by atoms with E-state index < -0.39 is 0 Å². The summed E-state index contributed by atoms with van der Waals surface area (Å²) >= 11 is 1.31. The average Bonchev–Trinajstić information content (AvgIpc) is 2.83. The molecule has 0 atom stereocenters. The van der Waals surface area contributed by atoms with Crippen LogP contribution >= 0.6 is 11.8 Å². The number of carbonyl (C=O) groups excluding carboxylic acids is 2. The highest BCUT2D eigenvalue weighted by Gasteiger charge is 2.13. The molecule has 0 aliphatic heterocycles. The monoisotopic (exact) mass is 313 g/mol. The normalized spacial score (nSPS) is 10.4. The quantitative estimate of drug-likeness (QED) is 0.757. The van der Waals surface area contributed by atoms with Gasteiger partial charge in [-0.15, -0.1) is 11.8 Å². The highest BCUT2D eigenvalue weighted by molar-refractivity contribution is 8.00. The summed E-state index contributed by atoms with van der Waals surface area (Å²) in [6.45, 7) is 7.41. The van der Waals surface area contributed by atoms with Crippen LogP contribution in [-0.2, 0) is 9.59 Å². The molecule has 0 fully saturated rings. The predicted molar refractivity (Wildman–Crippen MR) is 84.4 cm³/mol. The van der Waals surface area contributed by atoms with Gasteiger partial charge in [-0.05, 0) is 19.8 Å². The first-order valence-corrected chi connectivity index (χ1v) is 8.31. The number of aryl methyl sites for hydroxylation is 1. The summed E-state index contributed by atoms with van der Waals surface area (Å²) in [5.74, 6) is 1.51. The highest BCUT2D eigenvalue weighted by Crippen LogP contribution is 2.09. The van der Waals surface area contributed by atoms with Crippen molar-refractivity contribution >= 4 is 29.4 Å². The molecule has 1 heterocycles. The summed E-state index contributed by atoms with van der Waals surface area (Å²) in [5, 5.41) is 6.31. The molecule has 0 saturated heterocycles. The maximum absolute atomic E-state index is 12.0. The zero-order chi connectivity index (χ0) is 15.7. The third-order valence-electron chi connectivity index (χ3n) is 2.69. The van der Waals surface area contributed by atoms with Gasteiger partial charge in [0, 0.05) is 19.2 Å². The Morgan fingerprint density at radius 3 is 2.48 bits per heavy atom. The molecule has 0 unspecified atom stereocenters. The zero-order valence-electron chi connectivity index (χ0n) is 12.8. The largest absolute Gasteiger partial charge is 0.360 e. The third-order valence-corrected chi connectivity index (χ3v) is 3.61. The molecule has 0 radical (unpaired) electrons. The molecule has 1 aromatic heterocycles. The molecule has 0 bridgehead atoms. The van der Waals surface area contributed by atoms with Gasteiger partial charge < -0.3 is 14.7 Å². The third kappa shape index (κ3) is 6.66. The van der Waals surface area contributed by atoms with E-state index in [0.29, 0.717) is 17.3 Å². The van der Waals surface area contributed by atoms with Crippen molar-refractivity contribution in [1.29, 1.82) is 0 Å². The number of aromatic nitrogens is 1. The van der Waals surface area contributed by atoms with Gasteiger partial charge in [0.2, 0.25) is 11.8 Å². The van der Waals surface area contributed by atoms with Crippen molar-refractivity contribution in [3.8, 4) is 0 Å². The molecule has 118 valence electrons. The number of nitrogens with zero attached hydrogens (tertiary/aromatic N) is 2. The molecule has 6 nitrogen and oxygen atoms in total. The van der Waals surface area contributed by atoms with Crippen LogP contribution in [0.25, 0.3) is 0 Å². The lowest BCUT2D eigenvalue weighted by Crippen LogP contribution is -2.34. The fourth-order valence-electron chi connectivity index (χ4n) is 1.83. The van der Waals surface area contributed by atoms with Crippen LogP contribution in [0.4, 0.5) is 5.82 Å². The van der Waals surface area contributed by atoms with Crippen LogP contribution in [0, 0.1) is 6.92 Å². The summed E-state index contributed by atoms with van der Waals surface area (Å²) in [7, 11) is 0. The standard InChI is InChI=1S/C14H23N3O3S/c1-4-6-17(7-5-2)14(19)10-21-9-13(18)15-12-8-11(3)20-16-12/h8H,4-7,9-10H2,1-3H3,(H,15,16,18). The molecule has 1 rings (SSSR count). The number of anilines is 1. The number of carbonyl (C=O) groups is 2. The summed E-state index contributed by atoms with van der Waals surface area (Å²) in [4.78, 5) is 25.6. The van der Waals surface area contributed by atoms with Gasteiger partial charge in [-0.1, -0.05) is 19.0 Å². The van der Waals surface area contributed by atoms with Gasteiger partial charge >= 0.3 is 0 Å². The van der Waals surface area contributed by atoms with E-state index in [1.54, 1.807) is 13.0 Å². The minimum absolute atomic E-state index is 0.0915. The molecule has 0 aromatic carbocycles. The van der Waals surface area contributed by atoms with Crippen LogP contribution in [0.1, 0.15) is 32.4 Å². The van der Waals surface area contributed by atoms with Crippen molar-refractivity contribution in [3.05, 3.63) is 11.8 Å². The molecule has 0 aliphatic carbocycles. The number of thioether (sulfide) groups is 1. The minimum Gasteiger partial charge on any atom is -0.360 e. The molecule has 0 spiro atoms. The van der Waals surface area contributed by atoms with Gasteiger partial charge in [0.05, 0.1) is 11.5 Å². The number of amides is 2. The summed E-state index contributed by atoms with van der Waals surface area (Å²) in [6.07, 6.45) is 1.89. The van der Waals surface area contributed by atoms with Gasteiger partial charge in [-0.2, -0.15) is 0 Å². The molecule has 0 aliphatic rings. The molecule has 21 heavy (non-hydrogen) atoms. The lowest BCUT2D eigenvalue weighted by Gasteiger charge is -2.21. The smallest absolute Gasteiger partial charge is 0.235 e. The molecule has 1 N–H and O–H groups in total. The number of hydrogen-bond acceptors (Lipinski definition) is 5. The van der Waals surface area contributed by atoms with Crippen LogP contribution in [0.5, 0.6) is 0 Å². The fourth-order valence-corrected chi connectivity index (χ4v) is 2.54. The predicted octanol–water partition coefficient (Wildman–Crippen LogP) is 2.30. The van der Waals surface area contributed by atoms with Crippen molar-refractivity contribution in [1.82, 2.24) is 10.1 Å². The molecule has 0 saturated carbocycles. The van der Waals surface area contributed by atoms with Gasteiger partial charge in [0.25, 0.3) is 0 Å². The maximum atomic E-state index is 12.0. The van der Waals surface area contributed by atoms with Gasteiger partial charge in [-0.3, -0.25) is 9.59 Å². The number of hydrogen-bond donors (Lipinski definition) is 1. The van der Waals surface area contributed by atoms with Crippen LogP contribution in [-0.4, -0.2) is 46.5 Å². The van der Waals surface area contributed by atoms with E-state index in [0.717, 1.165) is 25.9 Å². The van der Waals surface area contributed by atoms with E-state index in [1.165, 1.54) is 11.8 Å². The Bertz CT molecular complexity index is 456. The topological polar surface area (TPSA) is 75.4 Å². The van der Waals surface area contributed by atoms with E-state index in [4.69, 9.17) is 4.52 Å². The first-order chi connectivity index (χ1) is 10.1. The molecule has 1 aromatic rings. The molecule has 2 amide bonds. The van der Waals surface area contributed by atoms with Crippen molar-refractivity contribution in [2.75, 3.05) is 29.9 Å². The van der Waals surface area contributed by atoms with Gasteiger partial charge in [-0.25, -0.2) is 0 Å². The summed E-state index contributed by atoms with van der Waals surface area (Å²) < 4.78 is 4.86. The molecule has 7 heteroatoms. The molecular weight excluding hydrogens is 290 g/mol. The second-order valence-electron chi connectivity index (χ2n) is 4.74. The van der Waals surface area contributed by atoms with E-state index >= 15 is 0 Å². The molecular formula is C14H23N3O3S. The van der Waals surface area contributed by atoms with Gasteiger partial charge in [0.15, 0.2) is 5.82 Å². The van der Waals surface area contributed by atoms with Crippen molar-refractivity contribution in [2.45, 2.75) is 33.6 Å². The van der Waals surface area contributed by atoms with Gasteiger partial charge in [0.1, 0.15) is 5.76 Å². The minimum atomic E-state index is -0.182. The van der Waals surface area contributed by atoms with Crippen molar-refractivity contribution in [2.24, 2.45) is 0 Å². The summed E-state index contributed by atoms with van der Waals surface area (Å²) in [5.41, 5.74) is 0. The highest BCUT2D eigenvalue weighted by atomic mass is 32.2. The Balaban J connectivity index is 2.28. The Labute approximate surface area is 129 Å². The second kappa shape index (κ2) is 9.44. The van der Waals surface area contributed by atoms with Crippen LogP contribution in [0.15, 0.2) is 10.6 Å². The fraction of sp³-hybridized carbons (Fsp3) is 0.643. The van der Waals surface area contributed by atoms with E-state index in [-0.39, 0.29) is 17.6 Å². The van der Waals surface area contributed by atoms with Crippen LogP contribution in [0.2, 0.25) is 0 Å². The first kappa shape index (κ1) is 17.6. The van der Waals surface area contributed by atoms with Crippen molar-refractivity contribution in [3.63, 3.8) is 0 Å². The number of rotatable bonds is 9. The second-order valence-corrected chi connectivity index (χ2v) is 5.73.